The highest BCUT2D eigenvalue weighted by atomic mass is 35.5. The van der Waals surface area contributed by atoms with E-state index in [1.165, 1.54) is 10.9 Å². The van der Waals surface area contributed by atoms with Gasteiger partial charge in [0.25, 0.3) is 5.91 Å². The summed E-state index contributed by atoms with van der Waals surface area (Å²) in [6, 6.07) is 1.61. The number of amides is 1. The van der Waals surface area contributed by atoms with Crippen LogP contribution < -0.4 is 5.69 Å². The fourth-order valence-corrected chi connectivity index (χ4v) is 3.56. The van der Waals surface area contributed by atoms with Gasteiger partial charge in [0.2, 0.25) is 0 Å². The molecule has 0 radical (unpaired) electrons. The minimum atomic E-state index is -0.547. The molecule has 1 unspecified atom stereocenters. The van der Waals surface area contributed by atoms with Crippen LogP contribution in [0.2, 0.25) is 5.02 Å². The van der Waals surface area contributed by atoms with E-state index >= 15 is 0 Å². The molecule has 2 aromatic rings. The molecule has 1 atom stereocenters. The smallest absolute Gasteiger partial charge is 0.345 e. The van der Waals surface area contributed by atoms with Crippen molar-refractivity contribution in [3.8, 4) is 0 Å². The van der Waals surface area contributed by atoms with E-state index in [1.807, 2.05) is 0 Å². The molecule has 1 amide bonds. The summed E-state index contributed by atoms with van der Waals surface area (Å²) in [4.78, 5) is 30.4. The Balaban J connectivity index is 1.57. The maximum Gasteiger partial charge on any atom is 0.345 e. The van der Waals surface area contributed by atoms with E-state index in [9.17, 15) is 9.59 Å². The van der Waals surface area contributed by atoms with Crippen LogP contribution in [0, 0.1) is 0 Å². The molecule has 0 bridgehead atoms. The van der Waals surface area contributed by atoms with Crippen LogP contribution >= 0.6 is 11.6 Å². The molecule has 1 saturated heterocycles. The normalized spacial score (nSPS) is 22.8. The molecule has 1 fully saturated rings. The first kappa shape index (κ1) is 15.3. The second-order valence-corrected chi connectivity index (χ2v) is 6.62. The second-order valence-electron chi connectivity index (χ2n) is 6.21. The lowest BCUT2D eigenvalue weighted by atomic mass is 10.0. The molecule has 8 nitrogen and oxygen atoms in total. The van der Waals surface area contributed by atoms with E-state index in [4.69, 9.17) is 16.3 Å². The lowest BCUT2D eigenvalue weighted by Gasteiger charge is -2.33. The predicted octanol–water partition coefficient (Wildman–Crippen LogP) is 0.445. The number of carbonyl (C=O) groups excluding carboxylic acids is 1. The van der Waals surface area contributed by atoms with Crippen LogP contribution in [-0.2, 0) is 24.9 Å². The van der Waals surface area contributed by atoms with Crippen LogP contribution in [0.3, 0.4) is 0 Å². The molecule has 4 heterocycles. The average Bonchev–Trinajstić information content (AvgIpc) is 3.11. The van der Waals surface area contributed by atoms with Crippen molar-refractivity contribution in [2.45, 2.75) is 25.2 Å². The number of carbonyl (C=O) groups is 1. The summed E-state index contributed by atoms with van der Waals surface area (Å²) in [5.74, 6) is 0.474. The Bertz CT molecular complexity index is 876. The zero-order valence-electron chi connectivity index (χ0n) is 13.1. The first-order chi connectivity index (χ1) is 11.5. The second kappa shape index (κ2) is 5.42. The number of likely N-dealkylation sites (tertiary alicyclic amines) is 1. The number of halogens is 1. The van der Waals surface area contributed by atoms with E-state index in [2.05, 4.69) is 10.1 Å². The summed E-state index contributed by atoms with van der Waals surface area (Å²) in [6.07, 6.45) is 3.67. The zero-order valence-corrected chi connectivity index (χ0v) is 13.9. The van der Waals surface area contributed by atoms with E-state index in [-0.39, 0.29) is 18.2 Å². The minimum absolute atomic E-state index is 0.146. The van der Waals surface area contributed by atoms with E-state index in [0.717, 1.165) is 0 Å². The standard InChI is InChI=1S/C15H16ClN5O3/c1-19-14(23)21-9-15(24-7-12(21)18-19)3-5-20(8-15)13(22)10-2-4-17-6-11(10)16/h2,4,6H,3,5,7-9H2,1H3. The molecule has 4 rings (SSSR count). The third-order valence-electron chi connectivity index (χ3n) is 4.64. The van der Waals surface area contributed by atoms with Crippen LogP contribution in [0.5, 0.6) is 0 Å². The molecule has 2 aliphatic rings. The highest BCUT2D eigenvalue weighted by Crippen LogP contribution is 2.32. The maximum atomic E-state index is 12.7. The van der Waals surface area contributed by atoms with Crippen molar-refractivity contribution in [3.63, 3.8) is 0 Å². The van der Waals surface area contributed by atoms with Crippen LogP contribution in [0.4, 0.5) is 0 Å². The van der Waals surface area contributed by atoms with Gasteiger partial charge in [-0.25, -0.2) is 9.48 Å². The van der Waals surface area contributed by atoms with Crippen molar-refractivity contribution in [2.75, 3.05) is 13.1 Å². The van der Waals surface area contributed by atoms with Crippen molar-refractivity contribution in [2.24, 2.45) is 7.05 Å². The number of nitrogens with zero attached hydrogens (tertiary/aromatic N) is 5. The van der Waals surface area contributed by atoms with Gasteiger partial charge >= 0.3 is 5.69 Å². The van der Waals surface area contributed by atoms with Gasteiger partial charge in [-0.1, -0.05) is 11.6 Å². The molecule has 0 aliphatic carbocycles. The number of pyridine rings is 1. The Kier molecular flexibility index (Phi) is 3.47. The Morgan fingerprint density at radius 3 is 3.04 bits per heavy atom. The molecule has 2 aromatic heterocycles. The third-order valence-corrected chi connectivity index (χ3v) is 4.95. The summed E-state index contributed by atoms with van der Waals surface area (Å²) < 4.78 is 8.94. The van der Waals surface area contributed by atoms with Crippen molar-refractivity contribution in [1.29, 1.82) is 0 Å². The average molecular weight is 350 g/mol. The molecule has 1 spiro atoms. The Morgan fingerprint density at radius 2 is 2.25 bits per heavy atom. The Morgan fingerprint density at radius 1 is 1.42 bits per heavy atom. The number of rotatable bonds is 1. The monoisotopic (exact) mass is 349 g/mol. The summed E-state index contributed by atoms with van der Waals surface area (Å²) >= 11 is 6.07. The summed E-state index contributed by atoms with van der Waals surface area (Å²) in [7, 11) is 1.62. The SMILES string of the molecule is Cn1nc2n(c1=O)CC1(CCN(C(=O)c3ccncc3Cl)C1)OC2. The van der Waals surface area contributed by atoms with Crippen LogP contribution in [0.25, 0.3) is 0 Å². The zero-order chi connectivity index (χ0) is 16.9. The number of ether oxygens (including phenoxy) is 1. The molecular weight excluding hydrogens is 334 g/mol. The number of fused-ring (bicyclic) bond motifs is 1. The summed E-state index contributed by atoms with van der Waals surface area (Å²) in [5, 5.41) is 4.49. The fraction of sp³-hybridized carbons (Fsp3) is 0.467. The quantitative estimate of drug-likeness (QED) is 0.746. The lowest BCUT2D eigenvalue weighted by molar-refractivity contribution is -0.0816. The van der Waals surface area contributed by atoms with Crippen molar-refractivity contribution in [3.05, 3.63) is 45.4 Å². The number of hydrogen-bond donors (Lipinski definition) is 0. The highest BCUT2D eigenvalue weighted by molar-refractivity contribution is 6.33. The van der Waals surface area contributed by atoms with Gasteiger partial charge in [0, 0.05) is 26.0 Å². The number of hydrogen-bond acceptors (Lipinski definition) is 5. The molecular formula is C15H16ClN5O3. The summed E-state index contributed by atoms with van der Waals surface area (Å²) in [6.45, 7) is 1.66. The van der Waals surface area contributed by atoms with Gasteiger partial charge in [0.05, 0.1) is 23.7 Å². The van der Waals surface area contributed by atoms with Gasteiger partial charge < -0.3 is 9.64 Å². The fourth-order valence-electron chi connectivity index (χ4n) is 3.36. The van der Waals surface area contributed by atoms with Crippen molar-refractivity contribution >= 4 is 17.5 Å². The van der Waals surface area contributed by atoms with Crippen LogP contribution in [0.15, 0.2) is 23.3 Å². The van der Waals surface area contributed by atoms with Gasteiger partial charge in [0.15, 0.2) is 5.82 Å². The highest BCUT2D eigenvalue weighted by Gasteiger charge is 2.45. The number of aryl methyl sites for hydroxylation is 1. The molecule has 0 saturated carbocycles. The molecule has 2 aliphatic heterocycles. The van der Waals surface area contributed by atoms with Crippen LogP contribution in [0.1, 0.15) is 22.6 Å². The van der Waals surface area contributed by atoms with Gasteiger partial charge in [-0.2, -0.15) is 5.10 Å². The Labute approximate surface area is 142 Å². The third kappa shape index (κ3) is 2.33. The molecule has 0 N–H and O–H groups in total. The maximum absolute atomic E-state index is 12.7. The lowest BCUT2D eigenvalue weighted by Crippen LogP contribution is -2.47. The van der Waals surface area contributed by atoms with Crippen molar-refractivity contribution < 1.29 is 9.53 Å². The molecule has 9 heteroatoms. The number of aromatic nitrogens is 4. The largest absolute Gasteiger partial charge is 0.363 e. The van der Waals surface area contributed by atoms with Crippen molar-refractivity contribution in [1.82, 2.24) is 24.2 Å². The van der Waals surface area contributed by atoms with Gasteiger partial charge in [-0.3, -0.25) is 14.3 Å². The van der Waals surface area contributed by atoms with E-state index < -0.39 is 5.60 Å². The van der Waals surface area contributed by atoms with Gasteiger partial charge in [-0.05, 0) is 12.5 Å². The first-order valence-corrected chi connectivity index (χ1v) is 8.02. The molecule has 0 aromatic carbocycles. The van der Waals surface area contributed by atoms with Crippen LogP contribution in [-0.4, -0.2) is 48.8 Å². The summed E-state index contributed by atoms with van der Waals surface area (Å²) in [5.41, 5.74) is -0.275. The van der Waals surface area contributed by atoms with E-state index in [1.54, 1.807) is 28.8 Å². The molecule has 126 valence electrons. The van der Waals surface area contributed by atoms with Gasteiger partial charge in [-0.15, -0.1) is 0 Å². The Hall–Kier alpha value is -2.19. The molecule has 24 heavy (non-hydrogen) atoms. The first-order valence-electron chi connectivity index (χ1n) is 7.65. The predicted molar refractivity (Wildman–Crippen MR) is 84.8 cm³/mol. The van der Waals surface area contributed by atoms with Gasteiger partial charge in [0.1, 0.15) is 12.2 Å². The van der Waals surface area contributed by atoms with E-state index in [0.29, 0.717) is 42.5 Å². The topological polar surface area (TPSA) is 82.3 Å². The minimum Gasteiger partial charge on any atom is -0.363 e.